The molecule has 0 radical (unpaired) electrons. The summed E-state index contributed by atoms with van der Waals surface area (Å²) < 4.78 is 7.90. The first-order valence-electron chi connectivity index (χ1n) is 20.4. The first-order valence-corrected chi connectivity index (χ1v) is 22.6. The largest absolute Gasteiger partial charge is 0.0544 e. The molecule has 61 heavy (non-hydrogen) atoms. The van der Waals surface area contributed by atoms with Crippen LogP contribution >= 0.6 is 6.83 Å². The number of aromatic hydroxyl groups is 3. The molecule has 9 rings (SSSR count). The van der Waals surface area contributed by atoms with Crippen molar-refractivity contribution in [1.82, 2.24) is 0 Å². The Kier molecular flexibility index (Phi) is 10.7. The van der Waals surface area contributed by atoms with E-state index in [1.165, 1.54) is 0 Å². The molecule has 298 valence electrons. The van der Waals surface area contributed by atoms with Gasteiger partial charge in [-0.25, -0.2) is 0 Å². The zero-order valence-corrected chi connectivity index (χ0v) is 34.3. The third kappa shape index (κ3) is 7.22. The van der Waals surface area contributed by atoms with Gasteiger partial charge in [0.05, 0.1) is 0 Å². The number of benzene rings is 9. The normalized spacial score (nSPS) is 12.6. The van der Waals surface area contributed by atoms with E-state index in [4.69, 9.17) is 4.52 Å². The van der Waals surface area contributed by atoms with Gasteiger partial charge < -0.3 is 10.2 Å². The minimum atomic E-state index is -3.95. The van der Waals surface area contributed by atoms with E-state index < -0.39 is 6.83 Å². The third-order valence-electron chi connectivity index (χ3n) is 11.8. The Morgan fingerprint density at radius 3 is 0.721 bits per heavy atom. The molecule has 0 saturated carbocycles. The Balaban J connectivity index is 1.17. The average molecular weight is 813 g/mol. The second-order valence-corrected chi connectivity index (χ2v) is 19.7. The van der Waals surface area contributed by atoms with Crippen LogP contribution in [0.15, 0.2) is 243 Å². The summed E-state index contributed by atoms with van der Waals surface area (Å²) in [6.45, 7) is -3.95. The maximum atomic E-state index is 10.3. The standard InChI is InChI=1S/C56H45O4P/c57-47-33-25-43(26-34-47)55(44-27-35-48(58)36-28-44)41-21-23-42(24-22-41)56(45-29-37-49(59)38-30-45)46-31-39-50(40-32-46)60-61(51-13-5-1-6-14-51,52-15-7-2-8-16-52,53-17-9-3-10-18-53)54-19-11-4-12-20-54/h1-40,55-59H. The van der Waals surface area contributed by atoms with Gasteiger partial charge in [0, 0.05) is 0 Å². The summed E-state index contributed by atoms with van der Waals surface area (Å²) in [6.07, 6.45) is 0. The van der Waals surface area contributed by atoms with E-state index in [1.807, 2.05) is 36.4 Å². The van der Waals surface area contributed by atoms with Gasteiger partial charge in [-0.2, -0.15) is 0 Å². The summed E-state index contributed by atoms with van der Waals surface area (Å²) in [5.41, 5.74) is 6.31. The number of phenols is 3. The molecule has 5 heteroatoms. The van der Waals surface area contributed by atoms with E-state index in [9.17, 15) is 15.3 Å². The summed E-state index contributed by atoms with van der Waals surface area (Å²) >= 11 is 0. The van der Waals surface area contributed by atoms with Gasteiger partial charge in [0.1, 0.15) is 11.5 Å². The summed E-state index contributed by atoms with van der Waals surface area (Å²) in [5.74, 6) is 1.08. The van der Waals surface area contributed by atoms with Crippen LogP contribution in [0.1, 0.15) is 45.2 Å². The van der Waals surface area contributed by atoms with Crippen LogP contribution in [0, 0.1) is 0 Å². The Bertz CT molecular complexity index is 2600. The van der Waals surface area contributed by atoms with Crippen LogP contribution in [0.5, 0.6) is 23.0 Å². The number of hydrogen-bond donors (Lipinski definition) is 3. The molecule has 0 aliphatic rings. The molecule has 3 N–H and O–H groups in total. The van der Waals surface area contributed by atoms with E-state index in [-0.39, 0.29) is 29.1 Å². The topological polar surface area (TPSA) is 69.9 Å². The molecule has 0 aliphatic carbocycles. The minimum absolute atomic E-state index is 0.126. The van der Waals surface area contributed by atoms with E-state index >= 15 is 0 Å². The zero-order valence-electron chi connectivity index (χ0n) is 33.4. The molecule has 0 heterocycles. The van der Waals surface area contributed by atoms with Gasteiger partial charge in [0.2, 0.25) is 0 Å². The molecular weight excluding hydrogens is 768 g/mol. The Labute approximate surface area is 357 Å². The predicted molar refractivity (Wildman–Crippen MR) is 251 cm³/mol. The first-order chi connectivity index (χ1) is 29.9. The minimum Gasteiger partial charge on any atom is -0.0544 e. The molecule has 0 amide bonds. The summed E-state index contributed by atoms with van der Waals surface area (Å²) in [4.78, 5) is 0. The maximum Gasteiger partial charge on any atom is -0.0199 e. The monoisotopic (exact) mass is 812 g/mol. The predicted octanol–water partition coefficient (Wildman–Crippen LogP) is 11.3. The first kappa shape index (κ1) is 39.1. The molecule has 9 aromatic carbocycles. The molecule has 4 nitrogen and oxygen atoms in total. The number of hydrogen-bond acceptors (Lipinski definition) is 4. The summed E-state index contributed by atoms with van der Waals surface area (Å²) in [7, 11) is 0. The molecule has 0 aromatic heterocycles. The van der Waals surface area contributed by atoms with Gasteiger partial charge in [0.25, 0.3) is 0 Å². The molecule has 0 saturated heterocycles. The second-order valence-electron chi connectivity index (χ2n) is 15.3. The number of phenolic OH excluding ortho intramolecular Hbond substituents is 3. The third-order valence-corrected chi connectivity index (χ3v) is 17.5. The molecule has 0 bridgehead atoms. The van der Waals surface area contributed by atoms with Crippen molar-refractivity contribution in [2.45, 2.75) is 11.8 Å². The summed E-state index contributed by atoms with van der Waals surface area (Å²) in [5, 5.41) is 34.9. The molecule has 1 atom stereocenters. The van der Waals surface area contributed by atoms with E-state index in [0.29, 0.717) is 0 Å². The van der Waals surface area contributed by atoms with Crippen LogP contribution in [-0.2, 0) is 0 Å². The van der Waals surface area contributed by atoms with Crippen LogP contribution in [0.2, 0.25) is 0 Å². The van der Waals surface area contributed by atoms with E-state index in [0.717, 1.165) is 60.3 Å². The molecule has 0 spiro atoms. The van der Waals surface area contributed by atoms with Crippen molar-refractivity contribution in [3.63, 3.8) is 0 Å². The van der Waals surface area contributed by atoms with Crippen LogP contribution in [0.25, 0.3) is 0 Å². The molecule has 9 aromatic rings. The zero-order chi connectivity index (χ0) is 41.7. The Hall–Kier alpha value is -7.39. The fraction of sp³-hybridized carbons (Fsp3) is 0.0357. The van der Waals surface area contributed by atoms with Crippen molar-refractivity contribution in [3.8, 4) is 23.0 Å². The molecular formula is C56H45O4P. The van der Waals surface area contributed by atoms with Gasteiger partial charge in [0.15, 0.2) is 0 Å². The van der Waals surface area contributed by atoms with Gasteiger partial charge in [-0.1, -0.05) is 24.3 Å². The average Bonchev–Trinajstić information content (AvgIpc) is 3.32. The van der Waals surface area contributed by atoms with Crippen LogP contribution in [-0.4, -0.2) is 15.3 Å². The van der Waals surface area contributed by atoms with Crippen LogP contribution in [0.4, 0.5) is 0 Å². The van der Waals surface area contributed by atoms with Crippen molar-refractivity contribution >= 4 is 28.0 Å². The smallest absolute Gasteiger partial charge is 0.0199 e. The van der Waals surface area contributed by atoms with Crippen molar-refractivity contribution in [2.24, 2.45) is 0 Å². The Morgan fingerprint density at radius 2 is 0.475 bits per heavy atom. The maximum absolute atomic E-state index is 10.3. The van der Waals surface area contributed by atoms with Crippen LogP contribution in [0.3, 0.4) is 0 Å². The van der Waals surface area contributed by atoms with Gasteiger partial charge in [-0.15, -0.1) is 0 Å². The fourth-order valence-corrected chi connectivity index (χ4v) is 14.6. The summed E-state index contributed by atoms with van der Waals surface area (Å²) in [6, 6.07) is 81.9. The van der Waals surface area contributed by atoms with Gasteiger partial charge in [-0.3, -0.25) is 0 Å². The van der Waals surface area contributed by atoms with Crippen LogP contribution < -0.4 is 25.7 Å². The van der Waals surface area contributed by atoms with E-state index in [2.05, 4.69) is 170 Å². The molecule has 0 fully saturated rings. The second kappa shape index (κ2) is 16.7. The molecule has 0 aliphatic heterocycles. The Morgan fingerprint density at radius 1 is 0.262 bits per heavy atom. The number of rotatable bonds is 12. The SMILES string of the molecule is Oc1ccc(C(c2ccc(O)cc2)c2ccc(C(c3ccc(O)cc3)c3ccc(OP(c4ccccc4)(c4ccccc4)(c4ccccc4)c4ccccc4)cc3)cc2)cc1. The van der Waals surface area contributed by atoms with Gasteiger partial charge >= 0.3 is 289 Å². The van der Waals surface area contributed by atoms with E-state index in [1.54, 1.807) is 36.4 Å². The van der Waals surface area contributed by atoms with Crippen molar-refractivity contribution in [2.75, 3.05) is 0 Å². The fourth-order valence-electron chi connectivity index (χ4n) is 8.92. The quantitative estimate of drug-likeness (QED) is 0.0849. The molecule has 1 unspecified atom stereocenters. The van der Waals surface area contributed by atoms with Gasteiger partial charge in [-0.05, 0) is 24.3 Å². The van der Waals surface area contributed by atoms with Crippen molar-refractivity contribution in [1.29, 1.82) is 0 Å². The van der Waals surface area contributed by atoms with Crippen molar-refractivity contribution < 1.29 is 19.8 Å². The van der Waals surface area contributed by atoms with Crippen molar-refractivity contribution in [3.05, 3.63) is 276 Å².